The quantitative estimate of drug-likeness (QED) is 0.481. The molecule has 0 unspecified atom stereocenters. The SMILES string of the molecule is O=C(c1cccc2c1CC(F)(F)N2F)N(Cc1ccccc1)c1ccccn1. The summed E-state index contributed by atoms with van der Waals surface area (Å²) in [4.78, 5) is 19.0. The Morgan fingerprint density at radius 1 is 1.04 bits per heavy atom. The number of pyridine rings is 1. The zero-order valence-electron chi connectivity index (χ0n) is 14.7. The summed E-state index contributed by atoms with van der Waals surface area (Å²) in [5.74, 6) is -0.124. The van der Waals surface area contributed by atoms with Crippen molar-refractivity contribution in [3.63, 3.8) is 0 Å². The molecule has 1 aliphatic rings. The van der Waals surface area contributed by atoms with E-state index in [0.29, 0.717) is 5.82 Å². The van der Waals surface area contributed by atoms with E-state index in [9.17, 15) is 18.1 Å². The number of fused-ring (bicyclic) bond motifs is 1. The van der Waals surface area contributed by atoms with Crippen LogP contribution in [0, 0.1) is 0 Å². The van der Waals surface area contributed by atoms with Crippen molar-refractivity contribution in [2.24, 2.45) is 0 Å². The van der Waals surface area contributed by atoms with E-state index in [4.69, 9.17) is 0 Å². The Bertz CT molecular complexity index is 996. The first-order valence-corrected chi connectivity index (χ1v) is 8.70. The number of rotatable bonds is 4. The zero-order chi connectivity index (χ0) is 19.7. The third-order valence-corrected chi connectivity index (χ3v) is 4.62. The van der Waals surface area contributed by atoms with E-state index in [2.05, 4.69) is 4.98 Å². The second-order valence-electron chi connectivity index (χ2n) is 6.49. The first-order valence-electron chi connectivity index (χ1n) is 8.70. The van der Waals surface area contributed by atoms with Crippen LogP contribution >= 0.6 is 0 Å². The minimum atomic E-state index is -3.67. The maximum absolute atomic E-state index is 14.0. The Morgan fingerprint density at radius 2 is 1.79 bits per heavy atom. The summed E-state index contributed by atoms with van der Waals surface area (Å²) in [5, 5.41) is -0.568. The Kier molecular flexibility index (Phi) is 4.50. The summed E-state index contributed by atoms with van der Waals surface area (Å²) in [7, 11) is 0. The average Bonchev–Trinajstić information content (AvgIpc) is 2.96. The average molecular weight is 383 g/mol. The van der Waals surface area contributed by atoms with Gasteiger partial charge in [0.15, 0.2) is 0 Å². The molecule has 0 aliphatic carbocycles. The molecule has 4 rings (SSSR count). The van der Waals surface area contributed by atoms with Crippen molar-refractivity contribution in [2.75, 3.05) is 10.0 Å². The number of amides is 1. The summed E-state index contributed by atoms with van der Waals surface area (Å²) >= 11 is 0. The number of hydrogen-bond acceptors (Lipinski definition) is 3. The summed E-state index contributed by atoms with van der Waals surface area (Å²) < 4.78 is 41.7. The fourth-order valence-corrected chi connectivity index (χ4v) is 3.28. The molecule has 28 heavy (non-hydrogen) atoms. The van der Waals surface area contributed by atoms with Gasteiger partial charge in [-0.25, -0.2) is 4.98 Å². The van der Waals surface area contributed by atoms with Crippen LogP contribution in [0.15, 0.2) is 72.9 Å². The van der Waals surface area contributed by atoms with Gasteiger partial charge >= 0.3 is 6.05 Å². The normalized spacial score (nSPS) is 14.6. The van der Waals surface area contributed by atoms with Gasteiger partial charge in [-0.05, 0) is 35.4 Å². The molecule has 4 nitrogen and oxygen atoms in total. The van der Waals surface area contributed by atoms with Crippen molar-refractivity contribution in [3.05, 3.63) is 89.6 Å². The Balaban J connectivity index is 1.76. The van der Waals surface area contributed by atoms with Crippen LogP contribution in [-0.2, 0) is 13.0 Å². The molecule has 2 aromatic carbocycles. The van der Waals surface area contributed by atoms with Crippen molar-refractivity contribution in [1.82, 2.24) is 4.98 Å². The van der Waals surface area contributed by atoms with Crippen LogP contribution in [0.4, 0.5) is 24.8 Å². The molecule has 0 fully saturated rings. The van der Waals surface area contributed by atoms with Gasteiger partial charge in [-0.3, -0.25) is 9.69 Å². The van der Waals surface area contributed by atoms with E-state index >= 15 is 0 Å². The first kappa shape index (κ1) is 18.0. The van der Waals surface area contributed by atoms with Crippen molar-refractivity contribution in [3.8, 4) is 0 Å². The highest BCUT2D eigenvalue weighted by molar-refractivity contribution is 6.07. The van der Waals surface area contributed by atoms with Gasteiger partial charge in [-0.1, -0.05) is 46.9 Å². The van der Waals surface area contributed by atoms with Gasteiger partial charge in [0.25, 0.3) is 5.91 Å². The number of hydrogen-bond donors (Lipinski definition) is 0. The highest BCUT2D eigenvalue weighted by atomic mass is 19.3. The van der Waals surface area contributed by atoms with Gasteiger partial charge in [-0.2, -0.15) is 8.78 Å². The predicted molar refractivity (Wildman–Crippen MR) is 99.9 cm³/mol. The highest BCUT2D eigenvalue weighted by Crippen LogP contribution is 2.43. The van der Waals surface area contributed by atoms with Gasteiger partial charge in [0.2, 0.25) is 0 Å². The number of aromatic nitrogens is 1. The molecule has 1 aliphatic heterocycles. The van der Waals surface area contributed by atoms with Gasteiger partial charge in [0.05, 0.1) is 18.7 Å². The van der Waals surface area contributed by atoms with E-state index in [1.165, 1.54) is 23.1 Å². The van der Waals surface area contributed by atoms with E-state index in [-0.39, 0.29) is 23.4 Å². The molecule has 7 heteroatoms. The molecule has 0 bridgehead atoms. The monoisotopic (exact) mass is 383 g/mol. The van der Waals surface area contributed by atoms with Crippen molar-refractivity contribution in [1.29, 1.82) is 0 Å². The number of nitrogens with zero attached hydrogens (tertiary/aromatic N) is 3. The number of benzene rings is 2. The van der Waals surface area contributed by atoms with E-state index in [0.717, 1.165) is 5.56 Å². The van der Waals surface area contributed by atoms with Crippen LogP contribution in [-0.4, -0.2) is 16.9 Å². The predicted octanol–water partition coefficient (Wildman–Crippen LogP) is 4.77. The molecule has 0 radical (unpaired) electrons. The summed E-state index contributed by atoms with van der Waals surface area (Å²) in [6.07, 6.45) is 0.690. The topological polar surface area (TPSA) is 36.4 Å². The zero-order valence-corrected chi connectivity index (χ0v) is 14.7. The largest absolute Gasteiger partial charge is 0.355 e. The molecule has 2 heterocycles. The molecule has 3 aromatic rings. The molecule has 0 atom stereocenters. The summed E-state index contributed by atoms with van der Waals surface area (Å²) in [6, 6.07) is 14.8. The van der Waals surface area contributed by atoms with Gasteiger partial charge in [-0.15, -0.1) is 5.12 Å². The third-order valence-electron chi connectivity index (χ3n) is 4.62. The summed E-state index contributed by atoms with van der Waals surface area (Å²) in [6.45, 7) is 0.204. The minimum absolute atomic E-state index is 0.00556. The lowest BCUT2D eigenvalue weighted by Crippen LogP contribution is -2.32. The molecule has 1 aromatic heterocycles. The maximum atomic E-state index is 14.0. The second kappa shape index (κ2) is 6.99. The molecular formula is C21H16F3N3O. The standard InChI is InChI=1S/C21H16F3N3O/c22-21(23)13-17-16(9-6-10-18(17)27(21)24)20(28)26(19-11-4-5-12-25-19)14-15-7-2-1-3-8-15/h1-12H,13-14H2. The number of carbonyl (C=O) groups is 1. The fraction of sp³-hybridized carbons (Fsp3) is 0.143. The number of alkyl halides is 2. The molecule has 0 N–H and O–H groups in total. The lowest BCUT2D eigenvalue weighted by Gasteiger charge is -2.23. The third kappa shape index (κ3) is 3.19. The van der Waals surface area contributed by atoms with Crippen LogP contribution in [0.1, 0.15) is 21.5 Å². The van der Waals surface area contributed by atoms with Gasteiger partial charge < -0.3 is 0 Å². The smallest absolute Gasteiger partial charge is 0.288 e. The van der Waals surface area contributed by atoms with Crippen molar-refractivity contribution < 1.29 is 18.1 Å². The molecule has 142 valence electrons. The van der Waals surface area contributed by atoms with Gasteiger partial charge in [0, 0.05) is 11.8 Å². The molecule has 0 spiro atoms. The first-order chi connectivity index (χ1) is 13.5. The van der Waals surface area contributed by atoms with Crippen LogP contribution in [0.3, 0.4) is 0 Å². The Morgan fingerprint density at radius 3 is 2.50 bits per heavy atom. The van der Waals surface area contributed by atoms with Crippen molar-refractivity contribution >= 4 is 17.4 Å². The van der Waals surface area contributed by atoms with Crippen LogP contribution in [0.25, 0.3) is 0 Å². The second-order valence-corrected chi connectivity index (χ2v) is 6.49. The van der Waals surface area contributed by atoms with E-state index < -0.39 is 23.5 Å². The minimum Gasteiger partial charge on any atom is -0.288 e. The molecule has 0 saturated heterocycles. The Hall–Kier alpha value is -3.35. The lowest BCUT2D eigenvalue weighted by atomic mass is 10.0. The maximum Gasteiger partial charge on any atom is 0.355 e. The van der Waals surface area contributed by atoms with Crippen LogP contribution in [0.5, 0.6) is 0 Å². The molecule has 0 saturated carbocycles. The fourth-order valence-electron chi connectivity index (χ4n) is 3.28. The molecular weight excluding hydrogens is 367 g/mol. The highest BCUT2D eigenvalue weighted by Gasteiger charge is 2.47. The van der Waals surface area contributed by atoms with Crippen LogP contribution in [0.2, 0.25) is 0 Å². The van der Waals surface area contributed by atoms with Gasteiger partial charge in [0.1, 0.15) is 5.82 Å². The number of anilines is 2. The Labute approximate surface area is 159 Å². The van der Waals surface area contributed by atoms with Crippen molar-refractivity contribution in [2.45, 2.75) is 19.0 Å². The summed E-state index contributed by atoms with van der Waals surface area (Å²) in [5.41, 5.74) is 0.607. The van der Waals surface area contributed by atoms with Crippen LogP contribution < -0.4 is 10.0 Å². The number of carbonyl (C=O) groups excluding carboxylic acids is 1. The number of halogens is 3. The van der Waals surface area contributed by atoms with E-state index in [1.54, 1.807) is 24.4 Å². The lowest BCUT2D eigenvalue weighted by molar-refractivity contribution is -0.0302. The van der Waals surface area contributed by atoms with E-state index in [1.807, 2.05) is 30.3 Å². The molecule has 1 amide bonds.